The Morgan fingerprint density at radius 2 is 1.95 bits per heavy atom. The number of hydrogen-bond donors (Lipinski definition) is 1. The van der Waals surface area contributed by atoms with E-state index in [0.29, 0.717) is 0 Å². The van der Waals surface area contributed by atoms with Crippen LogP contribution in [-0.2, 0) is 0 Å². The number of amides is 2. The van der Waals surface area contributed by atoms with Gasteiger partial charge in [0.15, 0.2) is 0 Å². The highest BCUT2D eigenvalue weighted by Gasteiger charge is 2.16. The Hall–Kier alpha value is -2.10. The fourth-order valence-electron chi connectivity index (χ4n) is 2.50. The van der Waals surface area contributed by atoms with Crippen molar-refractivity contribution in [3.8, 4) is 0 Å². The summed E-state index contributed by atoms with van der Waals surface area (Å²) in [7, 11) is 0. The largest absolute Gasteiger partial charge is 0.325 e. The molecule has 1 aromatic heterocycles. The summed E-state index contributed by atoms with van der Waals surface area (Å²) in [5.41, 5.74) is 1.74. The van der Waals surface area contributed by atoms with Gasteiger partial charge in [-0.1, -0.05) is 6.07 Å². The van der Waals surface area contributed by atoms with Crippen LogP contribution in [0.1, 0.15) is 19.3 Å². The molecule has 1 aromatic carbocycles. The van der Waals surface area contributed by atoms with Gasteiger partial charge in [-0.2, -0.15) is 0 Å². The monoisotopic (exact) mass is 255 g/mol. The fourth-order valence-corrected chi connectivity index (χ4v) is 2.50. The van der Waals surface area contributed by atoms with Crippen LogP contribution < -0.4 is 5.32 Å². The van der Waals surface area contributed by atoms with Crippen LogP contribution in [0, 0.1) is 0 Å². The molecule has 1 aliphatic heterocycles. The zero-order chi connectivity index (χ0) is 13.1. The summed E-state index contributed by atoms with van der Waals surface area (Å²) in [4.78, 5) is 18.4. The molecule has 0 atom stereocenters. The number of pyridine rings is 1. The summed E-state index contributed by atoms with van der Waals surface area (Å²) in [6.07, 6.45) is 5.19. The lowest BCUT2D eigenvalue weighted by atomic mass is 10.1. The molecule has 0 bridgehead atoms. The third kappa shape index (κ3) is 2.52. The number of fused-ring (bicyclic) bond motifs is 1. The second kappa shape index (κ2) is 5.26. The van der Waals surface area contributed by atoms with Crippen molar-refractivity contribution in [2.24, 2.45) is 0 Å². The minimum absolute atomic E-state index is 0.00365. The van der Waals surface area contributed by atoms with E-state index in [-0.39, 0.29) is 6.03 Å². The maximum absolute atomic E-state index is 12.2. The van der Waals surface area contributed by atoms with Gasteiger partial charge in [-0.05, 0) is 43.5 Å². The van der Waals surface area contributed by atoms with Gasteiger partial charge in [0, 0.05) is 24.7 Å². The number of carbonyl (C=O) groups is 1. The first-order valence-electron chi connectivity index (χ1n) is 6.74. The van der Waals surface area contributed by atoms with Crippen LogP contribution >= 0.6 is 0 Å². The zero-order valence-corrected chi connectivity index (χ0v) is 10.8. The van der Waals surface area contributed by atoms with Gasteiger partial charge in [0.1, 0.15) is 0 Å². The number of hydrogen-bond acceptors (Lipinski definition) is 2. The van der Waals surface area contributed by atoms with Crippen molar-refractivity contribution in [1.82, 2.24) is 9.88 Å². The smallest absolute Gasteiger partial charge is 0.321 e. The van der Waals surface area contributed by atoms with E-state index >= 15 is 0 Å². The average Bonchev–Trinajstić information content (AvgIpc) is 2.48. The summed E-state index contributed by atoms with van der Waals surface area (Å²) in [5, 5.41) is 3.98. The summed E-state index contributed by atoms with van der Waals surface area (Å²) in [5.74, 6) is 0. The second-order valence-corrected chi connectivity index (χ2v) is 4.85. The van der Waals surface area contributed by atoms with Gasteiger partial charge in [-0.3, -0.25) is 4.98 Å². The first-order valence-corrected chi connectivity index (χ1v) is 6.74. The molecular formula is C15H17N3O. The molecule has 4 nitrogen and oxygen atoms in total. The Morgan fingerprint density at radius 1 is 1.11 bits per heavy atom. The Bertz CT molecular complexity index is 585. The lowest BCUT2D eigenvalue weighted by molar-refractivity contribution is 0.200. The molecule has 0 spiro atoms. The topological polar surface area (TPSA) is 45.2 Å². The number of carbonyl (C=O) groups excluding carboxylic acids is 1. The number of likely N-dealkylation sites (tertiary alicyclic amines) is 1. The van der Waals surface area contributed by atoms with E-state index in [1.807, 2.05) is 35.2 Å². The molecule has 2 amide bonds. The molecule has 98 valence electrons. The van der Waals surface area contributed by atoms with E-state index < -0.39 is 0 Å². The van der Waals surface area contributed by atoms with Crippen LogP contribution in [0.4, 0.5) is 10.5 Å². The molecule has 1 N–H and O–H groups in total. The Kier molecular flexibility index (Phi) is 3.31. The summed E-state index contributed by atoms with van der Waals surface area (Å²) < 4.78 is 0. The minimum atomic E-state index is -0.00365. The fraction of sp³-hybridized carbons (Fsp3) is 0.333. The summed E-state index contributed by atoms with van der Waals surface area (Å²) in [6.45, 7) is 1.71. The Morgan fingerprint density at radius 3 is 2.79 bits per heavy atom. The molecule has 4 heteroatoms. The average molecular weight is 255 g/mol. The molecule has 1 fully saturated rings. The normalized spacial score (nSPS) is 15.5. The molecule has 0 saturated carbocycles. The van der Waals surface area contributed by atoms with Gasteiger partial charge in [-0.25, -0.2) is 4.79 Å². The highest BCUT2D eigenvalue weighted by atomic mass is 16.2. The Labute approximate surface area is 112 Å². The standard InChI is InChI=1S/C15H17N3O/c19-15(18-10-2-1-3-11-18)17-14-8-4-7-13-12(14)6-5-9-16-13/h4-9H,1-3,10-11H2,(H,17,19). The highest BCUT2D eigenvalue weighted by Crippen LogP contribution is 2.22. The van der Waals surface area contributed by atoms with Crippen LogP contribution in [0.3, 0.4) is 0 Å². The van der Waals surface area contributed by atoms with Crippen LogP contribution in [0.2, 0.25) is 0 Å². The van der Waals surface area contributed by atoms with Gasteiger partial charge in [0.2, 0.25) is 0 Å². The van der Waals surface area contributed by atoms with Crippen LogP contribution in [-0.4, -0.2) is 29.0 Å². The third-order valence-corrected chi connectivity index (χ3v) is 3.53. The maximum Gasteiger partial charge on any atom is 0.321 e. The second-order valence-electron chi connectivity index (χ2n) is 4.85. The van der Waals surface area contributed by atoms with E-state index in [0.717, 1.165) is 42.5 Å². The first kappa shape index (κ1) is 12.0. The molecule has 1 saturated heterocycles. The Balaban J connectivity index is 1.82. The van der Waals surface area contributed by atoms with Crippen molar-refractivity contribution in [3.05, 3.63) is 36.5 Å². The lowest BCUT2D eigenvalue weighted by Crippen LogP contribution is -2.38. The third-order valence-electron chi connectivity index (χ3n) is 3.53. The molecule has 2 heterocycles. The molecule has 1 aliphatic rings. The number of nitrogens with zero attached hydrogens (tertiary/aromatic N) is 2. The number of rotatable bonds is 1. The van der Waals surface area contributed by atoms with Crippen molar-refractivity contribution in [2.75, 3.05) is 18.4 Å². The highest BCUT2D eigenvalue weighted by molar-refractivity contribution is 6.00. The summed E-state index contributed by atoms with van der Waals surface area (Å²) in [6, 6.07) is 9.66. The van der Waals surface area contributed by atoms with Crippen LogP contribution in [0.5, 0.6) is 0 Å². The molecule has 2 aromatic rings. The van der Waals surface area contributed by atoms with Gasteiger partial charge in [0.25, 0.3) is 0 Å². The zero-order valence-electron chi connectivity index (χ0n) is 10.8. The van der Waals surface area contributed by atoms with Crippen LogP contribution in [0.25, 0.3) is 10.9 Å². The molecule has 0 aliphatic carbocycles. The number of piperidine rings is 1. The lowest BCUT2D eigenvalue weighted by Gasteiger charge is -2.27. The molecule has 0 unspecified atom stereocenters. The number of urea groups is 1. The predicted octanol–water partition coefficient (Wildman–Crippen LogP) is 3.25. The number of anilines is 1. The van der Waals surface area contributed by atoms with Gasteiger partial charge >= 0.3 is 6.03 Å². The van der Waals surface area contributed by atoms with Crippen molar-refractivity contribution in [2.45, 2.75) is 19.3 Å². The van der Waals surface area contributed by atoms with E-state index in [2.05, 4.69) is 10.3 Å². The van der Waals surface area contributed by atoms with E-state index in [9.17, 15) is 4.79 Å². The predicted molar refractivity (Wildman–Crippen MR) is 76.2 cm³/mol. The minimum Gasteiger partial charge on any atom is -0.325 e. The van der Waals surface area contributed by atoms with Crippen LogP contribution in [0.15, 0.2) is 36.5 Å². The first-order chi connectivity index (χ1) is 9.34. The van der Waals surface area contributed by atoms with E-state index in [4.69, 9.17) is 0 Å². The van der Waals surface area contributed by atoms with Gasteiger partial charge in [-0.15, -0.1) is 0 Å². The molecule has 0 radical (unpaired) electrons. The van der Waals surface area contributed by atoms with E-state index in [1.165, 1.54) is 6.42 Å². The number of aromatic nitrogens is 1. The molecule has 3 rings (SSSR count). The SMILES string of the molecule is O=C(Nc1cccc2ncccc12)N1CCCCC1. The summed E-state index contributed by atoms with van der Waals surface area (Å²) >= 11 is 0. The quantitative estimate of drug-likeness (QED) is 0.850. The van der Waals surface area contributed by atoms with Gasteiger partial charge in [0.05, 0.1) is 11.2 Å². The van der Waals surface area contributed by atoms with Crippen molar-refractivity contribution in [3.63, 3.8) is 0 Å². The number of nitrogens with one attached hydrogen (secondary N) is 1. The maximum atomic E-state index is 12.2. The van der Waals surface area contributed by atoms with Crippen molar-refractivity contribution >= 4 is 22.6 Å². The van der Waals surface area contributed by atoms with E-state index in [1.54, 1.807) is 6.20 Å². The molecular weight excluding hydrogens is 238 g/mol. The van der Waals surface area contributed by atoms with Crippen molar-refractivity contribution < 1.29 is 4.79 Å². The molecule has 19 heavy (non-hydrogen) atoms. The van der Waals surface area contributed by atoms with Crippen molar-refractivity contribution in [1.29, 1.82) is 0 Å². The van der Waals surface area contributed by atoms with Gasteiger partial charge < -0.3 is 10.2 Å². The number of benzene rings is 1.